The second kappa shape index (κ2) is 11.3. The molecule has 0 atom stereocenters. The van der Waals surface area contributed by atoms with E-state index in [1.54, 1.807) is 38.5 Å². The average molecular weight is 448 g/mol. The highest BCUT2D eigenvalue weighted by Gasteiger charge is 2.11. The van der Waals surface area contributed by atoms with Crippen LogP contribution in [0.2, 0.25) is 0 Å². The maximum absolute atomic E-state index is 12.6. The Hall–Kier alpha value is -4.40. The van der Waals surface area contributed by atoms with Gasteiger partial charge >= 0.3 is 0 Å². The first-order chi connectivity index (χ1) is 16.0. The number of rotatable bonds is 10. The lowest BCUT2D eigenvalue weighted by molar-refractivity contribution is -0.384. The fourth-order valence-electron chi connectivity index (χ4n) is 3.05. The number of amides is 1. The van der Waals surface area contributed by atoms with E-state index >= 15 is 0 Å². The molecule has 0 aliphatic rings. The smallest absolute Gasteiger partial charge is 0.269 e. The molecule has 33 heavy (non-hydrogen) atoms. The van der Waals surface area contributed by atoms with Crippen molar-refractivity contribution >= 4 is 23.0 Å². The largest absolute Gasteiger partial charge is 0.493 e. The minimum Gasteiger partial charge on any atom is -0.493 e. The van der Waals surface area contributed by atoms with Crippen molar-refractivity contribution < 1.29 is 19.2 Å². The van der Waals surface area contributed by atoms with Crippen LogP contribution in [0.3, 0.4) is 0 Å². The third-order valence-electron chi connectivity index (χ3n) is 4.77. The van der Waals surface area contributed by atoms with E-state index in [4.69, 9.17) is 9.47 Å². The molecule has 0 unspecified atom stereocenters. The van der Waals surface area contributed by atoms with Crippen LogP contribution in [0.25, 0.3) is 0 Å². The minimum absolute atomic E-state index is 0.00441. The number of carbonyl (C=O) groups excluding carboxylic acids is 1. The van der Waals surface area contributed by atoms with Gasteiger partial charge < -0.3 is 14.8 Å². The molecule has 0 aliphatic heterocycles. The summed E-state index contributed by atoms with van der Waals surface area (Å²) in [6, 6.07) is 20.7. The Morgan fingerprint density at radius 2 is 1.67 bits per heavy atom. The first-order valence-corrected chi connectivity index (χ1v) is 10.1. The van der Waals surface area contributed by atoms with E-state index in [-0.39, 0.29) is 24.6 Å². The molecule has 0 heterocycles. The van der Waals surface area contributed by atoms with Crippen molar-refractivity contribution in [2.24, 2.45) is 5.10 Å². The molecule has 9 nitrogen and oxygen atoms in total. The summed E-state index contributed by atoms with van der Waals surface area (Å²) in [4.78, 5) is 22.9. The lowest BCUT2D eigenvalue weighted by Crippen LogP contribution is -2.31. The van der Waals surface area contributed by atoms with Crippen LogP contribution in [0.5, 0.6) is 11.5 Å². The fraction of sp³-hybridized carbons (Fsp3) is 0.167. The van der Waals surface area contributed by atoms with Gasteiger partial charge in [-0.05, 0) is 35.4 Å². The fourth-order valence-corrected chi connectivity index (χ4v) is 3.05. The maximum atomic E-state index is 12.6. The van der Waals surface area contributed by atoms with Crippen LogP contribution < -0.4 is 20.2 Å². The standard InChI is InChI=1S/C24H24N4O5/c1-32-22-13-8-17(14-23(22)33-2)15-24(29)25-16-21(18-6-4-3-5-7-18)27-26-19-9-11-20(12-10-19)28(30)31/h3-14,26H,15-16H2,1-2H3,(H,25,29)/b27-21-. The Kier molecular flexibility index (Phi) is 7.96. The molecule has 170 valence electrons. The molecule has 0 fully saturated rings. The molecule has 3 rings (SSSR count). The normalized spacial score (nSPS) is 10.9. The number of nitrogens with zero attached hydrogens (tertiary/aromatic N) is 2. The summed E-state index contributed by atoms with van der Waals surface area (Å²) in [5.74, 6) is 0.972. The molecule has 0 aromatic heterocycles. The van der Waals surface area contributed by atoms with Crippen molar-refractivity contribution in [3.63, 3.8) is 0 Å². The van der Waals surface area contributed by atoms with Gasteiger partial charge in [0.15, 0.2) is 11.5 Å². The van der Waals surface area contributed by atoms with E-state index in [9.17, 15) is 14.9 Å². The summed E-state index contributed by atoms with van der Waals surface area (Å²) in [7, 11) is 3.10. The summed E-state index contributed by atoms with van der Waals surface area (Å²) >= 11 is 0. The van der Waals surface area contributed by atoms with Gasteiger partial charge in [0.05, 0.1) is 43.5 Å². The number of hydrogen-bond acceptors (Lipinski definition) is 7. The van der Waals surface area contributed by atoms with Crippen molar-refractivity contribution in [2.75, 3.05) is 26.2 Å². The van der Waals surface area contributed by atoms with Crippen molar-refractivity contribution in [1.29, 1.82) is 0 Å². The zero-order valence-corrected chi connectivity index (χ0v) is 18.3. The van der Waals surface area contributed by atoms with Crippen LogP contribution in [0.1, 0.15) is 11.1 Å². The predicted molar refractivity (Wildman–Crippen MR) is 126 cm³/mol. The molecule has 2 N–H and O–H groups in total. The Bertz CT molecular complexity index is 1130. The zero-order valence-electron chi connectivity index (χ0n) is 18.3. The number of ether oxygens (including phenoxy) is 2. The number of anilines is 1. The number of nitro groups is 1. The Balaban J connectivity index is 1.68. The Morgan fingerprint density at radius 3 is 2.30 bits per heavy atom. The predicted octanol–water partition coefficient (Wildman–Crippen LogP) is 3.79. The summed E-state index contributed by atoms with van der Waals surface area (Å²) < 4.78 is 10.5. The van der Waals surface area contributed by atoms with Gasteiger partial charge in [0.1, 0.15) is 0 Å². The molecule has 9 heteroatoms. The van der Waals surface area contributed by atoms with Gasteiger partial charge in [-0.15, -0.1) is 0 Å². The molecule has 1 amide bonds. The molecule has 0 radical (unpaired) electrons. The van der Waals surface area contributed by atoms with Crippen LogP contribution in [0, 0.1) is 10.1 Å². The zero-order chi connectivity index (χ0) is 23.6. The summed E-state index contributed by atoms with van der Waals surface area (Å²) in [6.45, 7) is 0.191. The van der Waals surface area contributed by atoms with Crippen LogP contribution in [0.4, 0.5) is 11.4 Å². The minimum atomic E-state index is -0.462. The molecular formula is C24H24N4O5. The first-order valence-electron chi connectivity index (χ1n) is 10.1. The van der Waals surface area contributed by atoms with E-state index in [0.717, 1.165) is 11.1 Å². The van der Waals surface area contributed by atoms with Gasteiger partial charge in [-0.2, -0.15) is 5.10 Å². The second-order valence-electron chi connectivity index (χ2n) is 6.98. The summed E-state index contributed by atoms with van der Waals surface area (Å²) in [5, 5.41) is 18.1. The highest BCUT2D eigenvalue weighted by atomic mass is 16.6. The number of non-ortho nitro benzene ring substituents is 1. The molecule has 0 bridgehead atoms. The number of carbonyl (C=O) groups is 1. The number of methoxy groups -OCH3 is 2. The van der Waals surface area contributed by atoms with Crippen molar-refractivity contribution in [2.45, 2.75) is 6.42 Å². The quantitative estimate of drug-likeness (QED) is 0.277. The van der Waals surface area contributed by atoms with Crippen LogP contribution >= 0.6 is 0 Å². The Morgan fingerprint density at radius 1 is 0.970 bits per heavy atom. The van der Waals surface area contributed by atoms with Gasteiger partial charge in [0.2, 0.25) is 5.91 Å². The Labute approximate surface area is 191 Å². The number of benzene rings is 3. The van der Waals surface area contributed by atoms with Crippen LogP contribution in [0.15, 0.2) is 77.9 Å². The van der Waals surface area contributed by atoms with Crippen molar-refractivity contribution in [1.82, 2.24) is 5.32 Å². The molecular weight excluding hydrogens is 424 g/mol. The van der Waals surface area contributed by atoms with Gasteiger partial charge in [0, 0.05) is 12.1 Å². The first kappa shape index (κ1) is 23.3. The molecule has 0 saturated carbocycles. The lowest BCUT2D eigenvalue weighted by atomic mass is 10.1. The van der Waals surface area contributed by atoms with E-state index in [0.29, 0.717) is 22.9 Å². The van der Waals surface area contributed by atoms with Gasteiger partial charge in [-0.3, -0.25) is 20.3 Å². The van der Waals surface area contributed by atoms with Gasteiger partial charge in [-0.25, -0.2) is 0 Å². The van der Waals surface area contributed by atoms with Crippen molar-refractivity contribution in [3.05, 3.63) is 94.0 Å². The molecule has 0 saturated heterocycles. The molecule has 3 aromatic carbocycles. The third kappa shape index (κ3) is 6.54. The number of nitro benzene ring substituents is 1. The maximum Gasteiger partial charge on any atom is 0.269 e. The second-order valence-corrected chi connectivity index (χ2v) is 6.98. The van der Waals surface area contributed by atoms with Crippen LogP contribution in [-0.2, 0) is 11.2 Å². The van der Waals surface area contributed by atoms with E-state index < -0.39 is 4.92 Å². The monoisotopic (exact) mass is 448 g/mol. The van der Waals surface area contributed by atoms with E-state index in [1.807, 2.05) is 36.4 Å². The highest BCUT2D eigenvalue weighted by molar-refractivity contribution is 6.03. The molecule has 0 aliphatic carbocycles. The topological polar surface area (TPSA) is 115 Å². The van der Waals surface area contributed by atoms with Gasteiger partial charge in [0.25, 0.3) is 5.69 Å². The van der Waals surface area contributed by atoms with Crippen molar-refractivity contribution in [3.8, 4) is 11.5 Å². The molecule has 0 spiro atoms. The number of nitrogens with one attached hydrogen (secondary N) is 2. The SMILES string of the molecule is COc1ccc(CC(=O)NC/C(=N/Nc2ccc([N+](=O)[O-])cc2)c2ccccc2)cc1OC. The number of hydrogen-bond donors (Lipinski definition) is 2. The van der Waals surface area contributed by atoms with Gasteiger partial charge in [-0.1, -0.05) is 36.4 Å². The molecule has 3 aromatic rings. The van der Waals surface area contributed by atoms with E-state index in [2.05, 4.69) is 15.8 Å². The third-order valence-corrected chi connectivity index (χ3v) is 4.77. The van der Waals surface area contributed by atoms with Crippen LogP contribution in [-0.4, -0.2) is 37.3 Å². The highest BCUT2D eigenvalue weighted by Crippen LogP contribution is 2.27. The average Bonchev–Trinajstić information content (AvgIpc) is 2.84. The summed E-state index contributed by atoms with van der Waals surface area (Å²) in [6.07, 6.45) is 0.165. The number of hydrazone groups is 1. The lowest BCUT2D eigenvalue weighted by Gasteiger charge is -2.11. The van der Waals surface area contributed by atoms with E-state index in [1.165, 1.54) is 12.1 Å². The summed E-state index contributed by atoms with van der Waals surface area (Å²) in [5.41, 5.74) is 5.70.